The van der Waals surface area contributed by atoms with Crippen molar-refractivity contribution in [2.75, 3.05) is 5.32 Å². The van der Waals surface area contributed by atoms with Gasteiger partial charge in [0.25, 0.3) is 0 Å². The Kier molecular flexibility index (Phi) is 10.7. The summed E-state index contributed by atoms with van der Waals surface area (Å²) in [6.07, 6.45) is -3.41. The third-order valence-corrected chi connectivity index (χ3v) is 5.11. The van der Waals surface area contributed by atoms with Crippen LogP contribution in [0.5, 0.6) is 0 Å². The molecule has 0 radical (unpaired) electrons. The third kappa shape index (κ3) is 11.9. The fourth-order valence-corrected chi connectivity index (χ4v) is 3.72. The Morgan fingerprint density at radius 3 is 1.44 bits per heavy atom. The molecule has 1 aromatic heterocycles. The van der Waals surface area contributed by atoms with Crippen molar-refractivity contribution < 1.29 is 42.9 Å². The lowest BCUT2D eigenvalue weighted by molar-refractivity contribution is -0.0587. The summed E-state index contributed by atoms with van der Waals surface area (Å²) in [7, 11) is 0. The van der Waals surface area contributed by atoms with Gasteiger partial charge in [-0.05, 0) is 109 Å². The van der Waals surface area contributed by atoms with Crippen molar-refractivity contribution in [1.82, 2.24) is 14.8 Å². The molecule has 2 heterocycles. The minimum absolute atomic E-state index is 0.218. The van der Waals surface area contributed by atoms with Crippen molar-refractivity contribution in [2.45, 2.75) is 145 Å². The van der Waals surface area contributed by atoms with Crippen LogP contribution in [0.4, 0.5) is 25.0 Å². The lowest BCUT2D eigenvalue weighted by atomic mass is 10.1. The second-order valence-electron chi connectivity index (χ2n) is 15.6. The molecule has 0 saturated heterocycles. The monoisotopic (exact) mass is 637 g/mol. The van der Waals surface area contributed by atoms with E-state index in [9.17, 15) is 19.2 Å². The van der Waals surface area contributed by atoms with Crippen molar-refractivity contribution in [3.8, 4) is 0 Å². The SMILES string of the molecule is CC(C)(C)OC(=O)N(Cc1c[nH]c2c1C(OC(C)(C)C)N=C(N(C(=O)OC(C)(C)C)C(=O)OC(C)(C)C)N2)C(=O)OC(C)(C)C. The second-order valence-corrected chi connectivity index (χ2v) is 15.6. The molecule has 0 aliphatic carbocycles. The first-order valence-corrected chi connectivity index (χ1v) is 14.8. The molecule has 2 N–H and O–H groups in total. The molecule has 0 saturated carbocycles. The minimum Gasteiger partial charge on any atom is -0.443 e. The Hall–Kier alpha value is -3.81. The van der Waals surface area contributed by atoms with E-state index in [4.69, 9.17) is 23.7 Å². The summed E-state index contributed by atoms with van der Waals surface area (Å²) < 4.78 is 28.3. The topological polar surface area (TPSA) is 161 Å². The van der Waals surface area contributed by atoms with Gasteiger partial charge in [0.05, 0.1) is 17.7 Å². The Morgan fingerprint density at radius 2 is 1.07 bits per heavy atom. The van der Waals surface area contributed by atoms with Crippen molar-refractivity contribution >= 4 is 36.2 Å². The van der Waals surface area contributed by atoms with Crippen LogP contribution >= 0.6 is 0 Å². The average Bonchev–Trinajstić information content (AvgIpc) is 3.14. The number of H-pyrrole nitrogens is 1. The van der Waals surface area contributed by atoms with E-state index in [-0.39, 0.29) is 12.5 Å². The largest absolute Gasteiger partial charge is 0.443 e. The zero-order valence-electron chi connectivity index (χ0n) is 29.4. The summed E-state index contributed by atoms with van der Waals surface area (Å²) in [6.45, 7) is 25.2. The quantitative estimate of drug-likeness (QED) is 0.318. The number of ether oxygens (including phenoxy) is 5. The van der Waals surface area contributed by atoms with Crippen LogP contribution in [-0.4, -0.2) is 73.1 Å². The summed E-state index contributed by atoms with van der Waals surface area (Å²) in [5.74, 6) is 0.0829. The van der Waals surface area contributed by atoms with Crippen molar-refractivity contribution in [3.05, 3.63) is 17.3 Å². The van der Waals surface area contributed by atoms with Crippen LogP contribution in [-0.2, 0) is 30.2 Å². The number of guanidine groups is 1. The van der Waals surface area contributed by atoms with Gasteiger partial charge in [-0.2, -0.15) is 0 Å². The molecule has 14 heteroatoms. The van der Waals surface area contributed by atoms with Gasteiger partial charge in [-0.15, -0.1) is 4.90 Å². The molecular formula is C31H51N5O9. The number of nitrogens with one attached hydrogen (secondary N) is 2. The highest BCUT2D eigenvalue weighted by Gasteiger charge is 2.41. The van der Waals surface area contributed by atoms with Gasteiger partial charge in [-0.25, -0.2) is 29.1 Å². The number of carbonyl (C=O) groups excluding carboxylic acids is 4. The number of amides is 4. The van der Waals surface area contributed by atoms with Crippen LogP contribution in [0.1, 0.15) is 121 Å². The van der Waals surface area contributed by atoms with Gasteiger partial charge in [0.1, 0.15) is 28.2 Å². The maximum atomic E-state index is 13.3. The van der Waals surface area contributed by atoms with Crippen LogP contribution in [0.15, 0.2) is 11.2 Å². The summed E-state index contributed by atoms with van der Waals surface area (Å²) in [5, 5.41) is 2.96. The van der Waals surface area contributed by atoms with Gasteiger partial charge < -0.3 is 34.0 Å². The lowest BCUT2D eigenvalue weighted by Gasteiger charge is -2.34. The maximum Gasteiger partial charge on any atom is 0.427 e. The zero-order valence-corrected chi connectivity index (χ0v) is 29.4. The van der Waals surface area contributed by atoms with Crippen molar-refractivity contribution in [1.29, 1.82) is 0 Å². The summed E-state index contributed by atoms with van der Waals surface area (Å²) in [5.41, 5.74) is -3.55. The fraction of sp³-hybridized carbons (Fsp3) is 0.710. The Morgan fingerprint density at radius 1 is 0.667 bits per heavy atom. The number of aliphatic imine (C=N–C) groups is 1. The molecule has 14 nitrogen and oxygen atoms in total. The van der Waals surface area contributed by atoms with Crippen LogP contribution in [0.3, 0.4) is 0 Å². The van der Waals surface area contributed by atoms with E-state index in [1.165, 1.54) is 0 Å². The lowest BCUT2D eigenvalue weighted by Crippen LogP contribution is -2.50. The normalized spacial score (nSPS) is 15.6. The number of hydrogen-bond donors (Lipinski definition) is 2. The average molecular weight is 638 g/mol. The number of nitrogens with zero attached hydrogens (tertiary/aromatic N) is 3. The van der Waals surface area contributed by atoms with Crippen molar-refractivity contribution in [2.24, 2.45) is 4.99 Å². The summed E-state index contributed by atoms with van der Waals surface area (Å²) in [4.78, 5) is 62.3. The number of hydrogen-bond acceptors (Lipinski definition) is 11. The van der Waals surface area contributed by atoms with Gasteiger partial charge in [0, 0.05) is 6.20 Å². The smallest absolute Gasteiger partial charge is 0.427 e. The molecule has 2 rings (SSSR count). The summed E-state index contributed by atoms with van der Waals surface area (Å²) in [6, 6.07) is 0. The Bertz CT molecular complexity index is 1240. The van der Waals surface area contributed by atoms with E-state index in [1.54, 1.807) is 89.3 Å². The first kappa shape index (κ1) is 37.4. The number of fused-ring (bicyclic) bond motifs is 1. The number of rotatable bonds is 3. The molecule has 0 aromatic carbocycles. The van der Waals surface area contributed by atoms with E-state index in [0.717, 1.165) is 4.90 Å². The molecule has 1 aromatic rings. The van der Waals surface area contributed by atoms with Gasteiger partial charge in [0.15, 0.2) is 6.23 Å². The Balaban J connectivity index is 2.65. The van der Waals surface area contributed by atoms with E-state index in [0.29, 0.717) is 21.8 Å². The minimum atomic E-state index is -1.11. The molecule has 45 heavy (non-hydrogen) atoms. The summed E-state index contributed by atoms with van der Waals surface area (Å²) >= 11 is 0. The molecule has 254 valence electrons. The highest BCUT2D eigenvalue weighted by atomic mass is 16.6. The van der Waals surface area contributed by atoms with Gasteiger partial charge in [-0.3, -0.25) is 0 Å². The van der Waals surface area contributed by atoms with E-state index in [2.05, 4.69) is 15.3 Å². The number of imide groups is 2. The number of aromatic nitrogens is 1. The van der Waals surface area contributed by atoms with E-state index < -0.39 is 58.6 Å². The second kappa shape index (κ2) is 12.9. The first-order valence-electron chi connectivity index (χ1n) is 14.8. The van der Waals surface area contributed by atoms with E-state index >= 15 is 0 Å². The predicted octanol–water partition coefficient (Wildman–Crippen LogP) is 7.45. The molecule has 1 atom stereocenters. The van der Waals surface area contributed by atoms with Crippen LogP contribution in [0.25, 0.3) is 0 Å². The van der Waals surface area contributed by atoms with Crippen LogP contribution in [0.2, 0.25) is 0 Å². The van der Waals surface area contributed by atoms with Crippen LogP contribution < -0.4 is 5.32 Å². The predicted molar refractivity (Wildman–Crippen MR) is 168 cm³/mol. The molecule has 1 aliphatic heterocycles. The number of aromatic amines is 1. The Labute approximate surface area is 266 Å². The molecular weight excluding hydrogens is 586 g/mol. The van der Waals surface area contributed by atoms with Gasteiger partial charge in [0.2, 0.25) is 5.96 Å². The number of carbonyl (C=O) groups is 4. The standard InChI is InChI=1S/C31H51N5O9/c1-27(2,3)41-21-19-18(17-35(23(37)42-28(4,5)6)24(38)43-29(7,8)9)16-32-20(19)33-22(34-21)36(25(39)44-30(10,11)12)26(40)45-31(13,14)15/h16,21,32H,17H2,1-15H3,(H,33,34). The zero-order chi connectivity index (χ0) is 34.9. The highest BCUT2D eigenvalue weighted by Crippen LogP contribution is 2.38. The van der Waals surface area contributed by atoms with Crippen molar-refractivity contribution in [3.63, 3.8) is 0 Å². The third-order valence-electron chi connectivity index (χ3n) is 5.11. The molecule has 4 amide bonds. The van der Waals surface area contributed by atoms with E-state index in [1.807, 2.05) is 20.8 Å². The van der Waals surface area contributed by atoms with Gasteiger partial charge >= 0.3 is 24.4 Å². The molecule has 0 bridgehead atoms. The maximum absolute atomic E-state index is 13.3. The highest BCUT2D eigenvalue weighted by molar-refractivity contribution is 6.13. The van der Waals surface area contributed by atoms with Gasteiger partial charge in [-0.1, -0.05) is 0 Å². The fourth-order valence-electron chi connectivity index (χ4n) is 3.72. The molecule has 0 fully saturated rings. The molecule has 0 spiro atoms. The number of anilines is 1. The first-order chi connectivity index (χ1) is 20.1. The molecule has 1 unspecified atom stereocenters. The van der Waals surface area contributed by atoms with Crippen LogP contribution in [0, 0.1) is 0 Å². The molecule has 1 aliphatic rings.